The van der Waals surface area contributed by atoms with Crippen LogP contribution in [0, 0.1) is 11.3 Å². The molecule has 0 spiro atoms. The number of carbonyl (C=O) groups is 1. The Morgan fingerprint density at radius 2 is 2.33 bits per heavy atom. The van der Waals surface area contributed by atoms with Gasteiger partial charge < -0.3 is 10.1 Å². The number of hydrogen-bond acceptors (Lipinski definition) is 3. The first-order valence-electron chi connectivity index (χ1n) is 5.68. The number of benzene rings is 1. The molecular weight excluding hydrogens is 252 g/mol. The Hall–Kier alpha value is -1.73. The average Bonchev–Trinajstić information content (AvgIpc) is 2.29. The van der Waals surface area contributed by atoms with Crippen LogP contribution in [0.15, 0.2) is 18.2 Å². The number of halogens is 1. The lowest BCUT2D eigenvalue weighted by Gasteiger charge is -2.13. The number of nitrogens with zero attached hydrogens (tertiary/aromatic N) is 1. The Morgan fingerprint density at radius 3 is 2.94 bits per heavy atom. The third-order valence-corrected chi connectivity index (χ3v) is 2.50. The highest BCUT2D eigenvalue weighted by Crippen LogP contribution is 2.23. The van der Waals surface area contributed by atoms with Crippen molar-refractivity contribution in [3.63, 3.8) is 0 Å². The molecule has 1 amide bonds. The molecule has 0 aromatic heterocycles. The van der Waals surface area contributed by atoms with Crippen LogP contribution < -0.4 is 10.1 Å². The third-order valence-electron chi connectivity index (χ3n) is 2.26. The Balaban J connectivity index is 2.88. The van der Waals surface area contributed by atoms with Crippen LogP contribution in [0.1, 0.15) is 30.6 Å². The van der Waals surface area contributed by atoms with Gasteiger partial charge >= 0.3 is 0 Å². The maximum atomic E-state index is 12.0. The minimum absolute atomic E-state index is 0.201. The molecule has 0 unspecified atom stereocenters. The van der Waals surface area contributed by atoms with E-state index in [2.05, 4.69) is 5.32 Å². The van der Waals surface area contributed by atoms with Crippen molar-refractivity contribution in [2.45, 2.75) is 26.3 Å². The van der Waals surface area contributed by atoms with Crippen molar-refractivity contribution < 1.29 is 9.53 Å². The van der Waals surface area contributed by atoms with Gasteiger partial charge in [0.1, 0.15) is 5.75 Å². The molecule has 4 nitrogen and oxygen atoms in total. The van der Waals surface area contributed by atoms with Gasteiger partial charge in [0.2, 0.25) is 0 Å². The molecule has 96 valence electrons. The Labute approximate surface area is 112 Å². The van der Waals surface area contributed by atoms with Gasteiger partial charge in [-0.25, -0.2) is 0 Å². The van der Waals surface area contributed by atoms with Crippen LogP contribution in [0.5, 0.6) is 5.75 Å². The van der Waals surface area contributed by atoms with E-state index in [0.29, 0.717) is 22.9 Å². The zero-order chi connectivity index (χ0) is 13.5. The van der Waals surface area contributed by atoms with Gasteiger partial charge in [0.05, 0.1) is 24.7 Å². The molecule has 0 radical (unpaired) electrons. The second kappa shape index (κ2) is 6.87. The van der Waals surface area contributed by atoms with Gasteiger partial charge in [-0.05, 0) is 32.0 Å². The quantitative estimate of drug-likeness (QED) is 0.891. The lowest BCUT2D eigenvalue weighted by Crippen LogP contribution is -2.32. The number of nitriles is 1. The molecule has 1 aromatic carbocycles. The summed E-state index contributed by atoms with van der Waals surface area (Å²) in [4.78, 5) is 12.0. The summed E-state index contributed by atoms with van der Waals surface area (Å²) >= 11 is 5.86. The fourth-order valence-corrected chi connectivity index (χ4v) is 1.61. The average molecular weight is 267 g/mol. The summed E-state index contributed by atoms with van der Waals surface area (Å²) in [5.74, 6) is 0.185. The fourth-order valence-electron chi connectivity index (χ4n) is 1.45. The first-order chi connectivity index (χ1) is 8.58. The number of nitrogens with one attached hydrogen (secondary N) is 1. The van der Waals surface area contributed by atoms with E-state index in [1.807, 2.05) is 13.0 Å². The first-order valence-corrected chi connectivity index (χ1v) is 6.06. The molecule has 5 heteroatoms. The molecule has 1 N–H and O–H groups in total. The van der Waals surface area contributed by atoms with Crippen LogP contribution in [0.25, 0.3) is 0 Å². The van der Waals surface area contributed by atoms with Crippen LogP contribution in [0.2, 0.25) is 5.02 Å². The minimum Gasteiger partial charge on any atom is -0.493 e. The molecule has 0 fully saturated rings. The molecule has 0 saturated carbocycles. The molecule has 1 rings (SSSR count). The lowest BCUT2D eigenvalue weighted by atomic mass is 10.1. The van der Waals surface area contributed by atoms with Crippen molar-refractivity contribution in [2.24, 2.45) is 0 Å². The highest BCUT2D eigenvalue weighted by molar-refractivity contribution is 6.30. The number of ether oxygens (including phenoxy) is 1. The van der Waals surface area contributed by atoms with Gasteiger partial charge in [0.25, 0.3) is 5.91 Å². The topological polar surface area (TPSA) is 62.1 Å². The summed E-state index contributed by atoms with van der Waals surface area (Å²) in [6.07, 6.45) is 0.267. The lowest BCUT2D eigenvalue weighted by molar-refractivity contribution is 0.0937. The zero-order valence-electron chi connectivity index (χ0n) is 10.4. The van der Waals surface area contributed by atoms with Crippen LogP contribution in [0.4, 0.5) is 0 Å². The zero-order valence-corrected chi connectivity index (χ0v) is 11.1. The van der Waals surface area contributed by atoms with Crippen molar-refractivity contribution >= 4 is 17.5 Å². The van der Waals surface area contributed by atoms with E-state index in [0.717, 1.165) is 0 Å². The normalized spacial score (nSPS) is 11.4. The SMILES string of the molecule is CCOc1cc(Cl)ccc1C(=O)N[C@@H](C)CC#N. The molecule has 0 aliphatic rings. The van der Waals surface area contributed by atoms with Gasteiger partial charge in [-0.2, -0.15) is 5.26 Å². The molecule has 0 saturated heterocycles. The van der Waals surface area contributed by atoms with Gasteiger partial charge in [0, 0.05) is 11.1 Å². The van der Waals surface area contributed by atoms with Crippen LogP contribution in [-0.4, -0.2) is 18.6 Å². The van der Waals surface area contributed by atoms with Crippen molar-refractivity contribution in [3.05, 3.63) is 28.8 Å². The fraction of sp³-hybridized carbons (Fsp3) is 0.385. The second-order valence-electron chi connectivity index (χ2n) is 3.81. The van der Waals surface area contributed by atoms with Crippen molar-refractivity contribution in [1.29, 1.82) is 5.26 Å². The van der Waals surface area contributed by atoms with E-state index < -0.39 is 0 Å². The largest absolute Gasteiger partial charge is 0.493 e. The molecule has 18 heavy (non-hydrogen) atoms. The van der Waals surface area contributed by atoms with Crippen LogP contribution in [-0.2, 0) is 0 Å². The van der Waals surface area contributed by atoms with Gasteiger partial charge in [-0.3, -0.25) is 4.79 Å². The number of hydrogen-bond donors (Lipinski definition) is 1. The van der Waals surface area contributed by atoms with Gasteiger partial charge in [0.15, 0.2) is 0 Å². The van der Waals surface area contributed by atoms with E-state index in [1.54, 1.807) is 25.1 Å². The van der Waals surface area contributed by atoms with E-state index in [-0.39, 0.29) is 18.4 Å². The summed E-state index contributed by atoms with van der Waals surface area (Å²) in [6.45, 7) is 4.06. The monoisotopic (exact) mass is 266 g/mol. The molecule has 0 aliphatic carbocycles. The minimum atomic E-state index is -0.266. The van der Waals surface area contributed by atoms with E-state index in [9.17, 15) is 4.79 Å². The summed E-state index contributed by atoms with van der Waals surface area (Å²) < 4.78 is 5.37. The van der Waals surface area contributed by atoms with E-state index in [1.165, 1.54) is 0 Å². The number of carbonyl (C=O) groups excluding carboxylic acids is 1. The van der Waals surface area contributed by atoms with Gasteiger partial charge in [-0.15, -0.1) is 0 Å². The molecule has 0 aliphatic heterocycles. The maximum absolute atomic E-state index is 12.0. The highest BCUT2D eigenvalue weighted by Gasteiger charge is 2.15. The standard InChI is InChI=1S/C13H15ClN2O2/c1-3-18-12-8-10(14)4-5-11(12)13(17)16-9(2)6-7-15/h4-5,8-9H,3,6H2,1-2H3,(H,16,17)/t9-/m0/s1. The predicted octanol–water partition coefficient (Wildman–Crippen LogP) is 2.77. The number of rotatable bonds is 5. The molecular formula is C13H15ClN2O2. The molecule has 0 heterocycles. The predicted molar refractivity (Wildman–Crippen MR) is 69.8 cm³/mol. The molecule has 0 bridgehead atoms. The molecule has 1 atom stereocenters. The second-order valence-corrected chi connectivity index (χ2v) is 4.25. The van der Waals surface area contributed by atoms with Crippen LogP contribution >= 0.6 is 11.6 Å². The van der Waals surface area contributed by atoms with Crippen molar-refractivity contribution in [1.82, 2.24) is 5.32 Å². The summed E-state index contributed by atoms with van der Waals surface area (Å²) in [7, 11) is 0. The summed E-state index contributed by atoms with van der Waals surface area (Å²) in [5.41, 5.74) is 0.422. The Morgan fingerprint density at radius 1 is 1.61 bits per heavy atom. The summed E-state index contributed by atoms with van der Waals surface area (Å²) in [6, 6.07) is 6.66. The Bertz CT molecular complexity index is 469. The first kappa shape index (κ1) is 14.3. The van der Waals surface area contributed by atoms with Crippen molar-refractivity contribution in [2.75, 3.05) is 6.61 Å². The summed E-state index contributed by atoms with van der Waals surface area (Å²) in [5, 5.41) is 11.8. The molecule has 1 aromatic rings. The van der Waals surface area contributed by atoms with Crippen molar-refractivity contribution in [3.8, 4) is 11.8 Å². The third kappa shape index (κ3) is 3.94. The smallest absolute Gasteiger partial charge is 0.255 e. The van der Waals surface area contributed by atoms with E-state index >= 15 is 0 Å². The van der Waals surface area contributed by atoms with Crippen LogP contribution in [0.3, 0.4) is 0 Å². The number of amides is 1. The van der Waals surface area contributed by atoms with Gasteiger partial charge in [-0.1, -0.05) is 11.6 Å². The van der Waals surface area contributed by atoms with E-state index in [4.69, 9.17) is 21.6 Å². The Kier molecular flexibility index (Phi) is 5.47. The highest BCUT2D eigenvalue weighted by atomic mass is 35.5. The maximum Gasteiger partial charge on any atom is 0.255 e.